The highest BCUT2D eigenvalue weighted by molar-refractivity contribution is 14.1. The van der Waals surface area contributed by atoms with Crippen LogP contribution in [0.3, 0.4) is 0 Å². The van der Waals surface area contributed by atoms with Crippen LogP contribution < -0.4 is 5.73 Å². The average molecular weight is 243 g/mol. The van der Waals surface area contributed by atoms with Crippen molar-refractivity contribution >= 4 is 22.6 Å². The van der Waals surface area contributed by atoms with E-state index in [1.165, 1.54) is 0 Å². The third-order valence-corrected chi connectivity index (χ3v) is 2.36. The molecule has 0 aromatic rings. The first-order valence-corrected chi connectivity index (χ1v) is 4.40. The molecule has 0 aliphatic rings. The molecule has 2 unspecified atom stereocenters. The summed E-state index contributed by atoms with van der Waals surface area (Å²) >= 11 is 2.21. The number of nitrogens with two attached hydrogens (primary N) is 1. The van der Waals surface area contributed by atoms with Gasteiger partial charge in [0.05, 0.1) is 10.7 Å². The zero-order valence-corrected chi connectivity index (χ0v) is 8.09. The number of hydrogen-bond acceptors (Lipinski definition) is 2. The van der Waals surface area contributed by atoms with Gasteiger partial charge in [0.15, 0.2) is 0 Å². The highest BCUT2D eigenvalue weighted by Crippen LogP contribution is 2.06. The largest absolute Gasteiger partial charge is 0.381 e. The van der Waals surface area contributed by atoms with Crippen LogP contribution in [0.2, 0.25) is 0 Å². The van der Waals surface area contributed by atoms with Gasteiger partial charge in [-0.15, -0.1) is 0 Å². The van der Waals surface area contributed by atoms with E-state index in [1.54, 1.807) is 0 Å². The second kappa shape index (κ2) is 5.44. The molecule has 0 aliphatic heterocycles. The summed E-state index contributed by atoms with van der Waals surface area (Å²) in [4.78, 5) is 0. The zero-order chi connectivity index (χ0) is 7.28. The Kier molecular flexibility index (Phi) is 5.83. The molecule has 0 aliphatic carbocycles. The molecule has 0 rings (SSSR count). The minimum Gasteiger partial charge on any atom is -0.381 e. The molecule has 2 atom stereocenters. The minimum absolute atomic E-state index is 0.217. The Morgan fingerprint density at radius 1 is 1.67 bits per heavy atom. The number of ether oxygens (including phenoxy) is 1. The number of hydrogen-bond donors (Lipinski definition) is 1. The molecule has 0 radical (unpaired) electrons. The number of halogens is 1. The molecule has 0 bridgehead atoms. The van der Waals surface area contributed by atoms with Crippen molar-refractivity contribution in [1.82, 2.24) is 0 Å². The Hall–Kier alpha value is 0.650. The Morgan fingerprint density at radius 2 is 2.22 bits per heavy atom. The molecule has 0 amide bonds. The van der Waals surface area contributed by atoms with Gasteiger partial charge in [0.2, 0.25) is 0 Å². The summed E-state index contributed by atoms with van der Waals surface area (Å²) in [6.45, 7) is 5.65. The number of rotatable bonds is 4. The van der Waals surface area contributed by atoms with Gasteiger partial charge in [0, 0.05) is 12.5 Å². The van der Waals surface area contributed by atoms with Crippen molar-refractivity contribution in [2.45, 2.75) is 17.9 Å². The highest BCUT2D eigenvalue weighted by Gasteiger charge is 2.07. The van der Waals surface area contributed by atoms with E-state index >= 15 is 0 Å². The lowest BCUT2D eigenvalue weighted by Gasteiger charge is -2.12. The van der Waals surface area contributed by atoms with Crippen LogP contribution >= 0.6 is 22.6 Å². The lowest BCUT2D eigenvalue weighted by atomic mass is 10.2. The van der Waals surface area contributed by atoms with E-state index in [2.05, 4.69) is 29.5 Å². The van der Waals surface area contributed by atoms with E-state index in [1.807, 2.05) is 6.92 Å². The van der Waals surface area contributed by atoms with Crippen molar-refractivity contribution < 1.29 is 4.74 Å². The van der Waals surface area contributed by atoms with Crippen LogP contribution in [0.25, 0.3) is 0 Å². The summed E-state index contributed by atoms with van der Waals surface area (Å²) in [7, 11) is 0. The second-order valence-corrected chi connectivity index (χ2v) is 3.52. The molecule has 0 fully saturated rings. The van der Waals surface area contributed by atoms with Crippen LogP contribution in [0, 0.1) is 5.92 Å². The fourth-order valence-electron chi connectivity index (χ4n) is 0.396. The molecule has 0 heterocycles. The van der Waals surface area contributed by atoms with Crippen molar-refractivity contribution in [3.63, 3.8) is 0 Å². The zero-order valence-electron chi connectivity index (χ0n) is 5.93. The second-order valence-electron chi connectivity index (χ2n) is 2.08. The normalized spacial score (nSPS) is 17.3. The van der Waals surface area contributed by atoms with Gasteiger partial charge in [-0.05, 0) is 6.92 Å². The summed E-state index contributed by atoms with van der Waals surface area (Å²) in [6.07, 6.45) is 0. The van der Waals surface area contributed by atoms with E-state index in [4.69, 9.17) is 10.5 Å². The Labute approximate surface area is 70.3 Å². The van der Waals surface area contributed by atoms with Crippen LogP contribution in [0.1, 0.15) is 13.8 Å². The standard InChI is InChI=1S/C6H14INO/c1-3-9-4-5(2)6(7)8/h5-6H,3-4,8H2,1-2H3. The van der Waals surface area contributed by atoms with Gasteiger partial charge >= 0.3 is 0 Å². The summed E-state index contributed by atoms with van der Waals surface area (Å²) < 4.78 is 5.39. The third-order valence-electron chi connectivity index (χ3n) is 1.13. The lowest BCUT2D eigenvalue weighted by Crippen LogP contribution is -2.24. The molecule has 0 spiro atoms. The highest BCUT2D eigenvalue weighted by atomic mass is 127. The van der Waals surface area contributed by atoms with Crippen molar-refractivity contribution in [2.75, 3.05) is 13.2 Å². The maximum atomic E-state index is 5.58. The van der Waals surface area contributed by atoms with Gasteiger partial charge in [0.1, 0.15) is 0 Å². The SMILES string of the molecule is CCOCC(C)C(N)I. The molecule has 9 heavy (non-hydrogen) atoms. The first-order valence-electron chi connectivity index (χ1n) is 3.15. The summed E-state index contributed by atoms with van der Waals surface area (Å²) in [5.74, 6) is 0.463. The van der Waals surface area contributed by atoms with Crippen LogP contribution in [0.5, 0.6) is 0 Å². The van der Waals surface area contributed by atoms with Crippen molar-refractivity contribution in [3.05, 3.63) is 0 Å². The quantitative estimate of drug-likeness (QED) is 0.460. The van der Waals surface area contributed by atoms with Crippen LogP contribution in [0.4, 0.5) is 0 Å². The molecule has 0 saturated heterocycles. The number of alkyl halides is 1. The first-order chi connectivity index (χ1) is 4.18. The molecule has 0 aromatic carbocycles. The maximum absolute atomic E-state index is 5.58. The molecular formula is C6H14INO. The van der Waals surface area contributed by atoms with Gasteiger partial charge in [-0.25, -0.2) is 0 Å². The van der Waals surface area contributed by atoms with E-state index in [0.29, 0.717) is 5.92 Å². The fourth-order valence-corrected chi connectivity index (χ4v) is 0.603. The third kappa shape index (κ3) is 5.11. The van der Waals surface area contributed by atoms with Crippen LogP contribution in [0.15, 0.2) is 0 Å². The maximum Gasteiger partial charge on any atom is 0.0616 e. The van der Waals surface area contributed by atoms with Crippen LogP contribution in [-0.2, 0) is 4.74 Å². The van der Waals surface area contributed by atoms with E-state index in [-0.39, 0.29) is 4.05 Å². The van der Waals surface area contributed by atoms with Gasteiger partial charge in [-0.2, -0.15) is 0 Å². The topological polar surface area (TPSA) is 35.2 Å². The molecule has 0 saturated carbocycles. The fraction of sp³-hybridized carbons (Fsp3) is 1.00. The van der Waals surface area contributed by atoms with E-state index < -0.39 is 0 Å². The Morgan fingerprint density at radius 3 is 2.56 bits per heavy atom. The Balaban J connectivity index is 3.16. The molecule has 2 N–H and O–H groups in total. The summed E-state index contributed by atoms with van der Waals surface area (Å²) in [6, 6.07) is 0. The first kappa shape index (κ1) is 9.65. The van der Waals surface area contributed by atoms with Crippen LogP contribution in [-0.4, -0.2) is 17.3 Å². The Bertz CT molecular complexity index is 68.1. The van der Waals surface area contributed by atoms with Gasteiger partial charge in [-0.3, -0.25) is 0 Å². The molecule has 56 valence electrons. The van der Waals surface area contributed by atoms with E-state index in [0.717, 1.165) is 13.2 Å². The predicted octanol–water partition coefficient (Wildman–Crippen LogP) is 1.38. The van der Waals surface area contributed by atoms with Crippen molar-refractivity contribution in [3.8, 4) is 0 Å². The van der Waals surface area contributed by atoms with Gasteiger partial charge in [0.25, 0.3) is 0 Å². The predicted molar refractivity (Wildman–Crippen MR) is 47.7 cm³/mol. The molecule has 0 aromatic heterocycles. The summed E-state index contributed by atoms with van der Waals surface area (Å²) in [5, 5.41) is 0. The van der Waals surface area contributed by atoms with Gasteiger partial charge < -0.3 is 10.5 Å². The monoisotopic (exact) mass is 243 g/mol. The smallest absolute Gasteiger partial charge is 0.0616 e. The molecular weight excluding hydrogens is 229 g/mol. The van der Waals surface area contributed by atoms with Crippen molar-refractivity contribution in [2.24, 2.45) is 11.7 Å². The van der Waals surface area contributed by atoms with E-state index in [9.17, 15) is 0 Å². The van der Waals surface area contributed by atoms with Gasteiger partial charge in [-0.1, -0.05) is 29.5 Å². The van der Waals surface area contributed by atoms with Crippen molar-refractivity contribution in [1.29, 1.82) is 0 Å². The molecule has 2 nitrogen and oxygen atoms in total. The lowest BCUT2D eigenvalue weighted by molar-refractivity contribution is 0.117. The average Bonchev–Trinajstić information content (AvgIpc) is 1.82. The summed E-state index contributed by atoms with van der Waals surface area (Å²) in [5.41, 5.74) is 5.58. The molecule has 3 heteroatoms. The minimum atomic E-state index is 0.217.